The van der Waals surface area contributed by atoms with E-state index in [4.69, 9.17) is 0 Å². The Kier molecular flexibility index (Phi) is 5.14. The second-order valence-electron chi connectivity index (χ2n) is 7.94. The van der Waals surface area contributed by atoms with Crippen molar-refractivity contribution in [1.82, 2.24) is 19.6 Å². The van der Waals surface area contributed by atoms with Gasteiger partial charge >= 0.3 is 0 Å². The molecule has 1 atom stereocenters. The van der Waals surface area contributed by atoms with Crippen LogP contribution in [0.5, 0.6) is 0 Å². The molecule has 0 radical (unpaired) electrons. The van der Waals surface area contributed by atoms with Crippen molar-refractivity contribution in [2.45, 2.75) is 59.2 Å². The van der Waals surface area contributed by atoms with Gasteiger partial charge in [0.05, 0.1) is 5.69 Å². The summed E-state index contributed by atoms with van der Waals surface area (Å²) in [5.41, 5.74) is 7.13. The lowest BCUT2D eigenvalue weighted by Gasteiger charge is -2.41. The molecule has 2 heterocycles. The summed E-state index contributed by atoms with van der Waals surface area (Å²) in [6.07, 6.45) is 3.80. The van der Waals surface area contributed by atoms with Gasteiger partial charge in [-0.25, -0.2) is 0 Å². The third kappa shape index (κ3) is 3.45. The monoisotopic (exact) mass is 352 g/mol. The maximum absolute atomic E-state index is 4.68. The van der Waals surface area contributed by atoms with Crippen LogP contribution in [0.2, 0.25) is 0 Å². The fraction of sp³-hybridized carbons (Fsp3) is 0.591. The molecule has 1 fully saturated rings. The van der Waals surface area contributed by atoms with E-state index in [2.05, 4.69) is 64.6 Å². The standard InChI is InChI=1S/C22H32N4/c1-4-26-18(3)22(17(2)23-26)16-24-11-13-25(14-12-24)21-10-9-19-7-5-6-8-20(19)15-21/h5-8,21H,4,9-16H2,1-3H3/t21-/m1/s1. The molecule has 1 aliphatic heterocycles. The van der Waals surface area contributed by atoms with Gasteiger partial charge in [-0.05, 0) is 51.2 Å². The van der Waals surface area contributed by atoms with Gasteiger partial charge in [-0.3, -0.25) is 14.5 Å². The molecular formula is C22H32N4. The summed E-state index contributed by atoms with van der Waals surface area (Å²) in [4.78, 5) is 5.35. The minimum absolute atomic E-state index is 0.735. The second kappa shape index (κ2) is 7.53. The summed E-state index contributed by atoms with van der Waals surface area (Å²) in [6.45, 7) is 13.3. The largest absolute Gasteiger partial charge is 0.298 e. The highest BCUT2D eigenvalue weighted by Crippen LogP contribution is 2.25. The van der Waals surface area contributed by atoms with Gasteiger partial charge in [-0.15, -0.1) is 0 Å². The zero-order valence-electron chi connectivity index (χ0n) is 16.5. The van der Waals surface area contributed by atoms with E-state index in [0.29, 0.717) is 0 Å². The van der Waals surface area contributed by atoms with E-state index in [0.717, 1.165) is 19.1 Å². The zero-order valence-corrected chi connectivity index (χ0v) is 16.5. The predicted octanol–water partition coefficient (Wildman–Crippen LogP) is 3.19. The predicted molar refractivity (Wildman–Crippen MR) is 106 cm³/mol. The van der Waals surface area contributed by atoms with Crippen LogP contribution in [0.4, 0.5) is 0 Å². The van der Waals surface area contributed by atoms with Crippen molar-refractivity contribution in [3.05, 3.63) is 52.3 Å². The Morgan fingerprint density at radius 1 is 1.04 bits per heavy atom. The molecule has 140 valence electrons. The molecular weight excluding hydrogens is 320 g/mol. The average molecular weight is 353 g/mol. The van der Waals surface area contributed by atoms with Crippen LogP contribution < -0.4 is 0 Å². The summed E-state index contributed by atoms with van der Waals surface area (Å²) in [5.74, 6) is 0. The molecule has 0 spiro atoms. The Labute approximate surface area is 157 Å². The highest BCUT2D eigenvalue weighted by molar-refractivity contribution is 5.30. The molecule has 0 amide bonds. The molecule has 1 aromatic heterocycles. The van der Waals surface area contributed by atoms with Crippen molar-refractivity contribution in [3.8, 4) is 0 Å². The molecule has 1 aromatic carbocycles. The van der Waals surface area contributed by atoms with Gasteiger partial charge in [0.1, 0.15) is 0 Å². The second-order valence-corrected chi connectivity index (χ2v) is 7.94. The zero-order chi connectivity index (χ0) is 18.1. The number of hydrogen-bond acceptors (Lipinski definition) is 3. The molecule has 26 heavy (non-hydrogen) atoms. The minimum atomic E-state index is 0.735. The molecule has 4 nitrogen and oxygen atoms in total. The number of benzene rings is 1. The first-order valence-corrected chi connectivity index (χ1v) is 10.2. The van der Waals surface area contributed by atoms with Crippen molar-refractivity contribution >= 4 is 0 Å². The van der Waals surface area contributed by atoms with Crippen LogP contribution in [0.1, 0.15) is 41.4 Å². The molecule has 2 aromatic rings. The quantitative estimate of drug-likeness (QED) is 0.845. The summed E-state index contributed by atoms with van der Waals surface area (Å²) in [7, 11) is 0. The average Bonchev–Trinajstić information content (AvgIpc) is 2.96. The Morgan fingerprint density at radius 3 is 2.46 bits per heavy atom. The number of rotatable bonds is 4. The van der Waals surface area contributed by atoms with E-state index < -0.39 is 0 Å². The SMILES string of the molecule is CCn1nc(C)c(CN2CCN([C@@H]3CCc4ccccc4C3)CC2)c1C. The first-order valence-electron chi connectivity index (χ1n) is 10.2. The number of aromatic nitrogens is 2. The van der Waals surface area contributed by atoms with Crippen LogP contribution in [0.3, 0.4) is 0 Å². The molecule has 2 aliphatic rings. The van der Waals surface area contributed by atoms with E-state index in [-0.39, 0.29) is 0 Å². The third-order valence-electron chi connectivity index (χ3n) is 6.46. The van der Waals surface area contributed by atoms with Gasteiger partial charge in [0.15, 0.2) is 0 Å². The van der Waals surface area contributed by atoms with Crippen molar-refractivity contribution in [2.24, 2.45) is 0 Å². The molecule has 0 unspecified atom stereocenters. The number of piperazine rings is 1. The summed E-state index contributed by atoms with van der Waals surface area (Å²) < 4.78 is 2.14. The minimum Gasteiger partial charge on any atom is -0.298 e. The smallest absolute Gasteiger partial charge is 0.0641 e. The maximum atomic E-state index is 4.68. The lowest BCUT2D eigenvalue weighted by atomic mass is 9.87. The van der Waals surface area contributed by atoms with Gasteiger partial charge < -0.3 is 0 Å². The third-order valence-corrected chi connectivity index (χ3v) is 6.46. The maximum Gasteiger partial charge on any atom is 0.0641 e. The topological polar surface area (TPSA) is 24.3 Å². The molecule has 1 aliphatic carbocycles. The lowest BCUT2D eigenvalue weighted by molar-refractivity contribution is 0.0854. The highest BCUT2D eigenvalue weighted by Gasteiger charge is 2.27. The van der Waals surface area contributed by atoms with Crippen LogP contribution in [-0.2, 0) is 25.9 Å². The van der Waals surface area contributed by atoms with Crippen molar-refractivity contribution in [3.63, 3.8) is 0 Å². The Morgan fingerprint density at radius 2 is 1.77 bits per heavy atom. The first-order chi connectivity index (χ1) is 12.7. The van der Waals surface area contributed by atoms with Gasteiger partial charge in [-0.1, -0.05) is 24.3 Å². The number of aryl methyl sites for hydroxylation is 3. The Hall–Kier alpha value is -1.65. The van der Waals surface area contributed by atoms with Crippen LogP contribution >= 0.6 is 0 Å². The summed E-state index contributed by atoms with van der Waals surface area (Å²) in [6, 6.07) is 9.75. The van der Waals surface area contributed by atoms with E-state index in [1.807, 2.05) is 0 Å². The molecule has 0 bridgehead atoms. The molecule has 4 heteroatoms. The van der Waals surface area contributed by atoms with Crippen molar-refractivity contribution in [2.75, 3.05) is 26.2 Å². The normalized spacial score (nSPS) is 21.7. The van der Waals surface area contributed by atoms with Crippen LogP contribution in [-0.4, -0.2) is 51.8 Å². The van der Waals surface area contributed by atoms with E-state index in [9.17, 15) is 0 Å². The van der Waals surface area contributed by atoms with E-state index >= 15 is 0 Å². The van der Waals surface area contributed by atoms with Gasteiger partial charge in [0.25, 0.3) is 0 Å². The molecule has 4 rings (SSSR count). The molecule has 0 saturated carbocycles. The van der Waals surface area contributed by atoms with E-state index in [1.54, 1.807) is 11.1 Å². The van der Waals surface area contributed by atoms with Crippen molar-refractivity contribution in [1.29, 1.82) is 0 Å². The fourth-order valence-corrected chi connectivity index (χ4v) is 4.77. The van der Waals surface area contributed by atoms with Crippen LogP contribution in [0.15, 0.2) is 24.3 Å². The number of fused-ring (bicyclic) bond motifs is 1. The summed E-state index contributed by atoms with van der Waals surface area (Å²) >= 11 is 0. The first kappa shape index (κ1) is 17.7. The van der Waals surface area contributed by atoms with Crippen molar-refractivity contribution < 1.29 is 0 Å². The van der Waals surface area contributed by atoms with Crippen LogP contribution in [0, 0.1) is 13.8 Å². The van der Waals surface area contributed by atoms with Gasteiger partial charge in [0, 0.05) is 56.6 Å². The Bertz CT molecular complexity index is 755. The fourth-order valence-electron chi connectivity index (χ4n) is 4.77. The van der Waals surface area contributed by atoms with E-state index in [1.165, 1.54) is 62.4 Å². The summed E-state index contributed by atoms with van der Waals surface area (Å²) in [5, 5.41) is 4.68. The molecule has 1 saturated heterocycles. The molecule has 0 N–H and O–H groups in total. The highest BCUT2D eigenvalue weighted by atomic mass is 15.3. The van der Waals surface area contributed by atoms with Gasteiger partial charge in [0.2, 0.25) is 0 Å². The number of nitrogens with zero attached hydrogens (tertiary/aromatic N) is 4. The van der Waals surface area contributed by atoms with Gasteiger partial charge in [-0.2, -0.15) is 5.10 Å². The van der Waals surface area contributed by atoms with Crippen LogP contribution in [0.25, 0.3) is 0 Å². The lowest BCUT2D eigenvalue weighted by Crippen LogP contribution is -2.51. The number of hydrogen-bond donors (Lipinski definition) is 0. The Balaban J connectivity index is 1.34.